The minimum atomic E-state index is -0.619. The van der Waals surface area contributed by atoms with Crippen molar-refractivity contribution >= 4 is 35.1 Å². The lowest BCUT2D eigenvalue weighted by Crippen LogP contribution is -2.37. The molecule has 1 aromatic rings. The van der Waals surface area contributed by atoms with Gasteiger partial charge in [0.2, 0.25) is 5.91 Å². The van der Waals surface area contributed by atoms with Crippen LogP contribution in [-0.2, 0) is 19.1 Å². The maximum absolute atomic E-state index is 12.5. The second-order valence-corrected chi connectivity index (χ2v) is 7.91. The van der Waals surface area contributed by atoms with Gasteiger partial charge in [-0.15, -0.1) is 0 Å². The molecule has 0 aromatic heterocycles. The van der Waals surface area contributed by atoms with Crippen LogP contribution >= 0.6 is 11.6 Å². The van der Waals surface area contributed by atoms with Gasteiger partial charge in [0, 0.05) is 31.1 Å². The van der Waals surface area contributed by atoms with Crippen LogP contribution in [-0.4, -0.2) is 56.0 Å². The van der Waals surface area contributed by atoms with E-state index in [-0.39, 0.29) is 31.4 Å². The summed E-state index contributed by atoms with van der Waals surface area (Å²) in [6, 6.07) is 4.99. The highest BCUT2D eigenvalue weighted by molar-refractivity contribution is 6.31. The van der Waals surface area contributed by atoms with Crippen molar-refractivity contribution in [3.63, 3.8) is 0 Å². The van der Waals surface area contributed by atoms with Gasteiger partial charge < -0.3 is 19.3 Å². The summed E-state index contributed by atoms with van der Waals surface area (Å²) in [5, 5.41) is 0.471. The number of anilines is 1. The van der Waals surface area contributed by atoms with Crippen molar-refractivity contribution in [3.8, 4) is 5.75 Å². The van der Waals surface area contributed by atoms with Crippen molar-refractivity contribution in [2.24, 2.45) is 5.92 Å². The Balaban J connectivity index is 1.56. The first kappa shape index (κ1) is 21.4. The van der Waals surface area contributed by atoms with E-state index in [2.05, 4.69) is 0 Å². The van der Waals surface area contributed by atoms with Crippen LogP contribution in [0.25, 0.3) is 0 Å². The van der Waals surface area contributed by atoms with E-state index in [1.54, 1.807) is 23.1 Å². The van der Waals surface area contributed by atoms with E-state index in [1.807, 2.05) is 0 Å². The standard InChI is InChI=1S/C21H27ClN2O5/c1-28-18-8-7-16(22)12-17(18)24-13-15(11-19(24)25)21(27)29-14-20(26)23-9-5-3-2-4-6-10-23/h7-8,12,15H,2-6,9-11,13-14H2,1H3/t15-/m1/s1. The predicted molar refractivity (Wildman–Crippen MR) is 109 cm³/mol. The molecule has 3 rings (SSSR count). The van der Waals surface area contributed by atoms with Gasteiger partial charge in [-0.1, -0.05) is 30.9 Å². The fourth-order valence-corrected chi connectivity index (χ4v) is 3.98. The highest BCUT2D eigenvalue weighted by Gasteiger charge is 2.37. The van der Waals surface area contributed by atoms with Crippen LogP contribution in [0.2, 0.25) is 5.02 Å². The Kier molecular flexibility index (Phi) is 7.36. The minimum Gasteiger partial charge on any atom is -0.495 e. The van der Waals surface area contributed by atoms with Crippen molar-refractivity contribution in [2.45, 2.75) is 38.5 Å². The summed E-state index contributed by atoms with van der Waals surface area (Å²) in [6.07, 6.45) is 5.45. The molecule has 8 heteroatoms. The van der Waals surface area contributed by atoms with E-state index >= 15 is 0 Å². The summed E-state index contributed by atoms with van der Waals surface area (Å²) in [5.74, 6) is -1.02. The molecule has 2 fully saturated rings. The van der Waals surface area contributed by atoms with Crippen LogP contribution < -0.4 is 9.64 Å². The van der Waals surface area contributed by atoms with Gasteiger partial charge in [-0.2, -0.15) is 0 Å². The van der Waals surface area contributed by atoms with Crippen molar-refractivity contribution in [1.29, 1.82) is 0 Å². The number of ether oxygens (including phenoxy) is 2. The molecule has 7 nitrogen and oxygen atoms in total. The largest absolute Gasteiger partial charge is 0.495 e. The molecule has 0 N–H and O–H groups in total. The smallest absolute Gasteiger partial charge is 0.311 e. The molecule has 0 bridgehead atoms. The molecule has 1 aromatic carbocycles. The van der Waals surface area contributed by atoms with E-state index in [4.69, 9.17) is 21.1 Å². The number of esters is 1. The summed E-state index contributed by atoms with van der Waals surface area (Å²) in [7, 11) is 1.51. The molecule has 1 atom stereocenters. The molecule has 0 radical (unpaired) electrons. The lowest BCUT2D eigenvalue weighted by Gasteiger charge is -2.24. The second kappa shape index (κ2) is 9.96. The Labute approximate surface area is 175 Å². The third kappa shape index (κ3) is 5.41. The van der Waals surface area contributed by atoms with Crippen LogP contribution in [0.3, 0.4) is 0 Å². The van der Waals surface area contributed by atoms with Crippen molar-refractivity contribution in [3.05, 3.63) is 23.2 Å². The number of amides is 2. The molecule has 0 spiro atoms. The number of carbonyl (C=O) groups excluding carboxylic acids is 3. The molecule has 2 heterocycles. The predicted octanol–water partition coefficient (Wildman–Crippen LogP) is 3.04. The van der Waals surface area contributed by atoms with Gasteiger partial charge in [0.15, 0.2) is 6.61 Å². The fraction of sp³-hybridized carbons (Fsp3) is 0.571. The first-order valence-electron chi connectivity index (χ1n) is 10.1. The lowest BCUT2D eigenvalue weighted by atomic mass is 10.1. The molecule has 0 unspecified atom stereocenters. The second-order valence-electron chi connectivity index (χ2n) is 7.48. The molecule has 0 aliphatic carbocycles. The number of benzene rings is 1. The fourth-order valence-electron chi connectivity index (χ4n) is 3.81. The molecule has 2 aliphatic rings. The Morgan fingerprint density at radius 1 is 1.14 bits per heavy atom. The number of hydrogen-bond acceptors (Lipinski definition) is 5. The van der Waals surface area contributed by atoms with Gasteiger partial charge in [0.1, 0.15) is 5.75 Å². The summed E-state index contributed by atoms with van der Waals surface area (Å²) >= 11 is 6.05. The molecular formula is C21H27ClN2O5. The summed E-state index contributed by atoms with van der Waals surface area (Å²) in [6.45, 7) is 1.32. The third-order valence-corrected chi connectivity index (χ3v) is 5.67. The van der Waals surface area contributed by atoms with Gasteiger partial charge in [0.25, 0.3) is 5.91 Å². The van der Waals surface area contributed by atoms with Crippen LogP contribution in [0, 0.1) is 5.92 Å². The summed E-state index contributed by atoms with van der Waals surface area (Å²) in [5.41, 5.74) is 0.525. The maximum Gasteiger partial charge on any atom is 0.311 e. The third-order valence-electron chi connectivity index (χ3n) is 5.44. The van der Waals surface area contributed by atoms with E-state index in [0.29, 0.717) is 29.5 Å². The van der Waals surface area contributed by atoms with Crippen LogP contribution in [0.4, 0.5) is 5.69 Å². The van der Waals surface area contributed by atoms with Gasteiger partial charge in [0.05, 0.1) is 18.7 Å². The monoisotopic (exact) mass is 422 g/mol. The number of halogens is 1. The van der Waals surface area contributed by atoms with E-state index in [1.165, 1.54) is 18.4 Å². The quantitative estimate of drug-likeness (QED) is 0.681. The Morgan fingerprint density at radius 2 is 1.83 bits per heavy atom. The lowest BCUT2D eigenvalue weighted by molar-refractivity contribution is -0.155. The average Bonchev–Trinajstić information content (AvgIpc) is 3.07. The van der Waals surface area contributed by atoms with E-state index in [0.717, 1.165) is 25.7 Å². The first-order chi connectivity index (χ1) is 14.0. The number of carbonyl (C=O) groups is 3. The Hall–Kier alpha value is -2.28. The average molecular weight is 423 g/mol. The van der Waals surface area contributed by atoms with Crippen LogP contribution in [0.1, 0.15) is 38.5 Å². The highest BCUT2D eigenvalue weighted by atomic mass is 35.5. The van der Waals surface area contributed by atoms with Crippen LogP contribution in [0.5, 0.6) is 5.75 Å². The molecule has 29 heavy (non-hydrogen) atoms. The summed E-state index contributed by atoms with van der Waals surface area (Å²) < 4.78 is 10.6. The van der Waals surface area contributed by atoms with Gasteiger partial charge >= 0.3 is 5.97 Å². The van der Waals surface area contributed by atoms with Gasteiger partial charge in [-0.05, 0) is 31.0 Å². The molecule has 2 saturated heterocycles. The number of likely N-dealkylation sites (tertiary alicyclic amines) is 1. The molecule has 2 aliphatic heterocycles. The number of hydrogen-bond donors (Lipinski definition) is 0. The molecule has 0 saturated carbocycles. The Bertz CT molecular complexity index is 761. The SMILES string of the molecule is COc1ccc(Cl)cc1N1C[C@H](C(=O)OCC(=O)N2CCCCCCC2)CC1=O. The zero-order chi connectivity index (χ0) is 20.8. The van der Waals surface area contributed by atoms with Crippen LogP contribution in [0.15, 0.2) is 18.2 Å². The maximum atomic E-state index is 12.5. The minimum absolute atomic E-state index is 0.0341. The zero-order valence-corrected chi connectivity index (χ0v) is 17.5. The first-order valence-corrected chi connectivity index (χ1v) is 10.5. The molecular weight excluding hydrogens is 396 g/mol. The van der Waals surface area contributed by atoms with Gasteiger partial charge in [-0.25, -0.2) is 0 Å². The van der Waals surface area contributed by atoms with Crippen molar-refractivity contribution < 1.29 is 23.9 Å². The molecule has 158 valence electrons. The van der Waals surface area contributed by atoms with E-state index in [9.17, 15) is 14.4 Å². The normalized spacial score (nSPS) is 20.2. The van der Waals surface area contributed by atoms with Gasteiger partial charge in [-0.3, -0.25) is 14.4 Å². The number of nitrogens with zero attached hydrogens (tertiary/aromatic N) is 2. The van der Waals surface area contributed by atoms with Crippen molar-refractivity contribution in [1.82, 2.24) is 4.90 Å². The topological polar surface area (TPSA) is 76.2 Å². The number of rotatable bonds is 5. The Morgan fingerprint density at radius 3 is 2.52 bits per heavy atom. The number of methoxy groups -OCH3 is 1. The summed E-state index contributed by atoms with van der Waals surface area (Å²) in [4.78, 5) is 40.6. The van der Waals surface area contributed by atoms with E-state index < -0.39 is 11.9 Å². The van der Waals surface area contributed by atoms with Crippen molar-refractivity contribution in [2.75, 3.05) is 38.3 Å². The molecule has 2 amide bonds. The highest BCUT2D eigenvalue weighted by Crippen LogP contribution is 2.35. The zero-order valence-electron chi connectivity index (χ0n) is 16.7.